The SMILES string of the molecule is CC(CNC(=O)c1ccc(CNC(=O)CCCCCN)cc1)=C1CCC1. The number of carbonyl (C=O) groups is 2. The molecule has 1 aromatic carbocycles. The molecule has 0 saturated heterocycles. The molecule has 0 atom stereocenters. The molecule has 0 bridgehead atoms. The van der Waals surface area contributed by atoms with Crippen LogP contribution in [0, 0.1) is 0 Å². The maximum atomic E-state index is 12.2. The van der Waals surface area contributed by atoms with Crippen LogP contribution in [0.2, 0.25) is 0 Å². The van der Waals surface area contributed by atoms with Gasteiger partial charge in [-0.2, -0.15) is 0 Å². The first-order valence-electron chi connectivity index (χ1n) is 9.61. The number of hydrogen-bond donors (Lipinski definition) is 3. The number of allylic oxidation sites excluding steroid dienone is 1. The van der Waals surface area contributed by atoms with Gasteiger partial charge in [-0.15, -0.1) is 0 Å². The smallest absolute Gasteiger partial charge is 0.251 e. The second-order valence-electron chi connectivity index (χ2n) is 6.99. The van der Waals surface area contributed by atoms with Gasteiger partial charge in [-0.05, 0) is 63.3 Å². The second-order valence-corrected chi connectivity index (χ2v) is 6.99. The van der Waals surface area contributed by atoms with E-state index < -0.39 is 0 Å². The monoisotopic (exact) mass is 357 g/mol. The third-order valence-corrected chi connectivity index (χ3v) is 4.89. The summed E-state index contributed by atoms with van der Waals surface area (Å²) in [5.74, 6) is 0.00288. The Kier molecular flexibility index (Phi) is 8.35. The van der Waals surface area contributed by atoms with Crippen molar-refractivity contribution >= 4 is 11.8 Å². The molecule has 0 radical (unpaired) electrons. The minimum Gasteiger partial charge on any atom is -0.352 e. The zero-order chi connectivity index (χ0) is 18.8. The number of carbonyl (C=O) groups excluding carboxylic acids is 2. The van der Waals surface area contributed by atoms with Gasteiger partial charge in [-0.1, -0.05) is 29.7 Å². The van der Waals surface area contributed by atoms with Gasteiger partial charge in [0.25, 0.3) is 5.91 Å². The number of rotatable bonds is 10. The molecule has 0 heterocycles. The minimum absolute atomic E-state index is 0.0558. The first-order valence-corrected chi connectivity index (χ1v) is 9.61. The first-order chi connectivity index (χ1) is 12.6. The van der Waals surface area contributed by atoms with Crippen LogP contribution in [0.1, 0.15) is 67.8 Å². The van der Waals surface area contributed by atoms with Crippen LogP contribution in [0.25, 0.3) is 0 Å². The molecular formula is C21H31N3O2. The average molecular weight is 357 g/mol. The topological polar surface area (TPSA) is 84.2 Å². The Bertz CT molecular complexity index is 629. The number of unbranched alkanes of at least 4 members (excludes halogenated alkanes) is 2. The molecule has 2 rings (SSSR count). The van der Waals surface area contributed by atoms with Gasteiger partial charge in [0.1, 0.15) is 0 Å². The second kappa shape index (κ2) is 10.8. The zero-order valence-electron chi connectivity index (χ0n) is 15.8. The van der Waals surface area contributed by atoms with Crippen molar-refractivity contribution in [2.45, 2.75) is 58.4 Å². The summed E-state index contributed by atoms with van der Waals surface area (Å²) in [4.78, 5) is 24.0. The lowest BCUT2D eigenvalue weighted by molar-refractivity contribution is -0.121. The number of benzene rings is 1. The van der Waals surface area contributed by atoms with E-state index in [1.165, 1.54) is 30.4 Å². The fourth-order valence-corrected chi connectivity index (χ4v) is 2.89. The van der Waals surface area contributed by atoms with E-state index in [-0.39, 0.29) is 11.8 Å². The molecule has 5 nitrogen and oxygen atoms in total. The molecule has 26 heavy (non-hydrogen) atoms. The van der Waals surface area contributed by atoms with E-state index in [0.717, 1.165) is 24.8 Å². The maximum absolute atomic E-state index is 12.2. The van der Waals surface area contributed by atoms with Gasteiger partial charge in [0.05, 0.1) is 0 Å². The molecule has 1 fully saturated rings. The quantitative estimate of drug-likeness (QED) is 0.444. The lowest BCUT2D eigenvalue weighted by Gasteiger charge is -2.20. The number of hydrogen-bond acceptors (Lipinski definition) is 3. The molecule has 5 heteroatoms. The average Bonchev–Trinajstić information content (AvgIpc) is 2.60. The Morgan fingerprint density at radius 3 is 2.38 bits per heavy atom. The fourth-order valence-electron chi connectivity index (χ4n) is 2.89. The summed E-state index contributed by atoms with van der Waals surface area (Å²) in [6, 6.07) is 7.40. The Labute approximate surface area is 156 Å². The minimum atomic E-state index is -0.0558. The largest absolute Gasteiger partial charge is 0.352 e. The normalized spacial score (nSPS) is 13.1. The Morgan fingerprint density at radius 1 is 1.04 bits per heavy atom. The fraction of sp³-hybridized carbons (Fsp3) is 0.524. The molecule has 1 aliphatic rings. The van der Waals surface area contributed by atoms with E-state index in [0.29, 0.717) is 31.6 Å². The van der Waals surface area contributed by atoms with Crippen molar-refractivity contribution in [3.05, 3.63) is 46.5 Å². The van der Waals surface area contributed by atoms with E-state index >= 15 is 0 Å². The maximum Gasteiger partial charge on any atom is 0.251 e. The van der Waals surface area contributed by atoms with E-state index in [4.69, 9.17) is 5.73 Å². The molecule has 1 saturated carbocycles. The van der Waals surface area contributed by atoms with E-state index in [1.807, 2.05) is 24.3 Å². The zero-order valence-corrected chi connectivity index (χ0v) is 15.8. The molecule has 142 valence electrons. The van der Waals surface area contributed by atoms with Crippen LogP contribution in [0.4, 0.5) is 0 Å². The summed E-state index contributed by atoms with van der Waals surface area (Å²) in [5, 5.41) is 5.89. The highest BCUT2D eigenvalue weighted by atomic mass is 16.2. The van der Waals surface area contributed by atoms with E-state index in [9.17, 15) is 9.59 Å². The van der Waals surface area contributed by atoms with Gasteiger partial charge in [0, 0.05) is 25.1 Å². The van der Waals surface area contributed by atoms with Gasteiger partial charge in [-0.25, -0.2) is 0 Å². The van der Waals surface area contributed by atoms with Crippen LogP contribution < -0.4 is 16.4 Å². The van der Waals surface area contributed by atoms with Crippen LogP contribution in [-0.2, 0) is 11.3 Å². The van der Waals surface area contributed by atoms with Crippen LogP contribution >= 0.6 is 0 Å². The molecule has 0 spiro atoms. The summed E-state index contributed by atoms with van der Waals surface area (Å²) in [6.07, 6.45) is 6.99. The molecule has 1 aliphatic carbocycles. The molecule has 0 aromatic heterocycles. The summed E-state index contributed by atoms with van der Waals surface area (Å²) in [6.45, 7) is 3.88. The summed E-state index contributed by atoms with van der Waals surface area (Å²) < 4.78 is 0. The molecule has 0 unspecified atom stereocenters. The highest BCUT2D eigenvalue weighted by Gasteiger charge is 2.12. The van der Waals surface area contributed by atoms with Crippen LogP contribution in [0.15, 0.2) is 35.4 Å². The molecule has 4 N–H and O–H groups in total. The predicted octanol–water partition coefficient (Wildman–Crippen LogP) is 3.05. The van der Waals surface area contributed by atoms with Gasteiger partial charge in [-0.3, -0.25) is 9.59 Å². The van der Waals surface area contributed by atoms with Crippen molar-refractivity contribution < 1.29 is 9.59 Å². The van der Waals surface area contributed by atoms with Crippen molar-refractivity contribution in [3.8, 4) is 0 Å². The standard InChI is InChI=1S/C21H31N3O2/c1-16(18-6-5-7-18)14-24-21(26)19-11-9-17(10-12-19)15-23-20(25)8-3-2-4-13-22/h9-12H,2-8,13-15,22H2,1H3,(H,23,25)(H,24,26). The lowest BCUT2D eigenvalue weighted by atomic mass is 9.88. The third kappa shape index (κ3) is 6.64. The van der Waals surface area contributed by atoms with Gasteiger partial charge in [0.15, 0.2) is 0 Å². The highest BCUT2D eigenvalue weighted by Crippen LogP contribution is 2.28. The van der Waals surface area contributed by atoms with Gasteiger partial charge < -0.3 is 16.4 Å². The van der Waals surface area contributed by atoms with Crippen molar-refractivity contribution in [1.82, 2.24) is 10.6 Å². The van der Waals surface area contributed by atoms with Crippen LogP contribution in [0.3, 0.4) is 0 Å². The summed E-state index contributed by atoms with van der Waals surface area (Å²) in [5.41, 5.74) is 9.85. The lowest BCUT2D eigenvalue weighted by Crippen LogP contribution is -2.26. The number of nitrogens with one attached hydrogen (secondary N) is 2. The Morgan fingerprint density at radius 2 is 1.77 bits per heavy atom. The third-order valence-electron chi connectivity index (χ3n) is 4.89. The van der Waals surface area contributed by atoms with Crippen LogP contribution in [-0.4, -0.2) is 24.9 Å². The van der Waals surface area contributed by atoms with Crippen LogP contribution in [0.5, 0.6) is 0 Å². The molecule has 1 aromatic rings. The Balaban J connectivity index is 1.71. The highest BCUT2D eigenvalue weighted by molar-refractivity contribution is 5.94. The van der Waals surface area contributed by atoms with Crippen molar-refractivity contribution in [1.29, 1.82) is 0 Å². The van der Waals surface area contributed by atoms with Gasteiger partial charge in [0.2, 0.25) is 5.91 Å². The van der Waals surface area contributed by atoms with Crippen molar-refractivity contribution in [3.63, 3.8) is 0 Å². The number of nitrogens with two attached hydrogens (primary N) is 1. The molecule has 2 amide bonds. The van der Waals surface area contributed by atoms with Gasteiger partial charge >= 0.3 is 0 Å². The molecule has 0 aliphatic heterocycles. The first kappa shape index (κ1) is 20.2. The van der Waals surface area contributed by atoms with Crippen molar-refractivity contribution in [2.75, 3.05) is 13.1 Å². The Hall–Kier alpha value is -2.14. The molecular weight excluding hydrogens is 326 g/mol. The van der Waals surface area contributed by atoms with E-state index in [1.54, 1.807) is 0 Å². The summed E-state index contributed by atoms with van der Waals surface area (Å²) >= 11 is 0. The van der Waals surface area contributed by atoms with Crippen molar-refractivity contribution in [2.24, 2.45) is 5.73 Å². The number of amides is 2. The summed E-state index contributed by atoms with van der Waals surface area (Å²) in [7, 11) is 0. The predicted molar refractivity (Wildman–Crippen MR) is 105 cm³/mol. The van der Waals surface area contributed by atoms with E-state index in [2.05, 4.69) is 17.6 Å².